The van der Waals surface area contributed by atoms with Crippen molar-refractivity contribution in [2.24, 2.45) is 50.2 Å². The first-order valence-electron chi connectivity index (χ1n) is 16.7. The van der Waals surface area contributed by atoms with Crippen molar-refractivity contribution in [2.75, 3.05) is 0 Å². The van der Waals surface area contributed by atoms with Crippen LogP contribution < -0.4 is 0 Å². The Bertz CT molecular complexity index is 1170. The van der Waals surface area contributed by atoms with Gasteiger partial charge < -0.3 is 14.6 Å². The highest BCUT2D eigenvalue weighted by Crippen LogP contribution is 2.75. The van der Waals surface area contributed by atoms with E-state index in [0.717, 1.165) is 44.9 Å². The molecule has 0 unspecified atom stereocenters. The van der Waals surface area contributed by atoms with Gasteiger partial charge in [0.25, 0.3) is 0 Å². The molecule has 4 fully saturated rings. The zero-order valence-corrected chi connectivity index (χ0v) is 27.7. The Hall–Kier alpha value is -1.85. The minimum Gasteiger partial charge on any atom is -0.481 e. The highest BCUT2D eigenvalue weighted by molar-refractivity contribution is 5.76. The van der Waals surface area contributed by atoms with Gasteiger partial charge in [-0.15, -0.1) is 0 Å². The van der Waals surface area contributed by atoms with E-state index in [1.54, 1.807) is 0 Å². The van der Waals surface area contributed by atoms with Gasteiger partial charge in [0, 0.05) is 18.3 Å². The summed E-state index contributed by atoms with van der Waals surface area (Å²) in [6, 6.07) is 0. The third kappa shape index (κ3) is 4.42. The van der Waals surface area contributed by atoms with Crippen LogP contribution in [-0.2, 0) is 23.9 Å². The number of hydrogen-bond donors (Lipinski definition) is 1. The van der Waals surface area contributed by atoms with E-state index < -0.39 is 23.6 Å². The normalized spacial score (nSPS) is 45.2. The molecule has 5 aliphatic rings. The van der Waals surface area contributed by atoms with Crippen molar-refractivity contribution in [3.63, 3.8) is 0 Å². The largest absolute Gasteiger partial charge is 0.481 e. The lowest BCUT2D eigenvalue weighted by molar-refractivity contribution is -0.236. The average molecular weight is 585 g/mol. The minimum absolute atomic E-state index is 0.0488. The summed E-state index contributed by atoms with van der Waals surface area (Å²) >= 11 is 0. The second-order valence-electron chi connectivity index (χ2n) is 16.9. The van der Waals surface area contributed by atoms with E-state index in [4.69, 9.17) is 9.47 Å². The van der Waals surface area contributed by atoms with Crippen molar-refractivity contribution in [2.45, 2.75) is 145 Å². The minimum atomic E-state index is -0.666. The summed E-state index contributed by atoms with van der Waals surface area (Å²) in [5.41, 5.74) is 0.328. The van der Waals surface area contributed by atoms with Crippen molar-refractivity contribution in [1.82, 2.24) is 0 Å². The smallest absolute Gasteiger partial charge is 0.310 e. The fraction of sp³-hybridized carbons (Fsp3) is 0.861. The number of carboxylic acids is 1. The first-order chi connectivity index (χ1) is 19.4. The third-order valence-electron chi connectivity index (χ3n) is 13.8. The lowest BCUT2D eigenvalue weighted by atomic mass is 9.34. The number of esters is 2. The molecule has 0 aromatic rings. The van der Waals surface area contributed by atoms with Crippen LogP contribution in [0.1, 0.15) is 133 Å². The molecule has 0 amide bonds. The van der Waals surface area contributed by atoms with Crippen LogP contribution in [0.15, 0.2) is 11.6 Å². The Morgan fingerprint density at radius 3 is 1.95 bits per heavy atom. The summed E-state index contributed by atoms with van der Waals surface area (Å²) in [5, 5.41) is 10.7. The second kappa shape index (κ2) is 10.1. The number of aliphatic carboxylic acids is 1. The van der Waals surface area contributed by atoms with Gasteiger partial charge in [-0.2, -0.15) is 0 Å². The number of rotatable bonds is 5. The summed E-state index contributed by atoms with van der Waals surface area (Å²) in [5.74, 6) is -0.271. The number of carbonyl (C=O) groups excluding carboxylic acids is 2. The van der Waals surface area contributed by atoms with Gasteiger partial charge in [0.05, 0.1) is 5.41 Å². The molecular formula is C36H56O6. The van der Waals surface area contributed by atoms with Crippen molar-refractivity contribution in [3.05, 3.63) is 11.6 Å². The van der Waals surface area contributed by atoms with Gasteiger partial charge in [0.1, 0.15) is 12.2 Å². The predicted molar refractivity (Wildman–Crippen MR) is 162 cm³/mol. The quantitative estimate of drug-likeness (QED) is 0.259. The molecule has 0 radical (unpaired) electrons. The molecule has 0 heterocycles. The van der Waals surface area contributed by atoms with Gasteiger partial charge in [0.2, 0.25) is 0 Å². The molecule has 0 aliphatic heterocycles. The van der Waals surface area contributed by atoms with Crippen LogP contribution in [0.25, 0.3) is 0 Å². The van der Waals surface area contributed by atoms with Crippen molar-refractivity contribution < 1.29 is 29.0 Å². The van der Waals surface area contributed by atoms with Gasteiger partial charge in [-0.3, -0.25) is 14.4 Å². The molecule has 9 atom stereocenters. The molecule has 0 bridgehead atoms. The highest BCUT2D eigenvalue weighted by atomic mass is 16.6. The molecule has 236 valence electrons. The molecule has 42 heavy (non-hydrogen) atoms. The van der Waals surface area contributed by atoms with Crippen molar-refractivity contribution in [3.8, 4) is 0 Å². The zero-order valence-electron chi connectivity index (χ0n) is 27.7. The third-order valence-corrected chi connectivity index (χ3v) is 13.8. The van der Waals surface area contributed by atoms with Crippen molar-refractivity contribution >= 4 is 17.9 Å². The van der Waals surface area contributed by atoms with E-state index in [0.29, 0.717) is 37.5 Å². The number of hydrogen-bond acceptors (Lipinski definition) is 5. The Labute approximate surface area is 253 Å². The lowest BCUT2D eigenvalue weighted by Gasteiger charge is -2.70. The van der Waals surface area contributed by atoms with E-state index >= 15 is 0 Å². The van der Waals surface area contributed by atoms with Gasteiger partial charge in [-0.1, -0.05) is 74.0 Å². The van der Waals surface area contributed by atoms with E-state index in [2.05, 4.69) is 54.5 Å². The fourth-order valence-corrected chi connectivity index (χ4v) is 11.8. The fourth-order valence-electron chi connectivity index (χ4n) is 11.8. The first kappa shape index (κ1) is 31.6. The van der Waals surface area contributed by atoms with Crippen LogP contribution in [0.4, 0.5) is 0 Å². The summed E-state index contributed by atoms with van der Waals surface area (Å²) in [6.07, 6.45) is 10.1. The number of ether oxygens (including phenoxy) is 2. The second-order valence-corrected chi connectivity index (χ2v) is 16.9. The molecule has 6 nitrogen and oxygen atoms in total. The summed E-state index contributed by atoms with van der Waals surface area (Å²) in [4.78, 5) is 38.3. The summed E-state index contributed by atoms with van der Waals surface area (Å²) in [7, 11) is 0. The summed E-state index contributed by atoms with van der Waals surface area (Å²) in [6.45, 7) is 20.0. The van der Waals surface area contributed by atoms with Crippen LogP contribution >= 0.6 is 0 Å². The SMILES string of the molecule is CCC(=O)O[C@@H]1[C@H](OC(=O)CC)C[C@]2(C)[C@H]3CC[C@]4(C)C(=CC[C@@]5(C(=O)O)CCC(C)(C)C[C@H]54)[C@]3(C)CC[C@H]2C1(C)C. The molecule has 0 spiro atoms. The standard InChI is InChI=1S/C36H56O6/c1-10-27(37)41-22-20-35(9)23(32(5,6)29(22)42-28(38)11-2)12-15-33(7)24-14-17-36(30(39)40)19-18-31(3,4)21-26(36)34(24,8)16-13-25(33)35/h14,22-23,25-26,29H,10-13,15-21H2,1-9H3,(H,39,40)/t22-,23+,25+,26+,29-,33+,34-,35+,36-/m1/s1. The maximum absolute atomic E-state index is 13.0. The molecule has 0 aromatic carbocycles. The average Bonchev–Trinajstić information content (AvgIpc) is 2.89. The van der Waals surface area contributed by atoms with Gasteiger partial charge >= 0.3 is 17.9 Å². The van der Waals surface area contributed by atoms with Gasteiger partial charge in [-0.05, 0) is 97.2 Å². The van der Waals surface area contributed by atoms with E-state index in [1.807, 2.05) is 13.8 Å². The molecule has 1 N–H and O–H groups in total. The Balaban J connectivity index is 1.56. The van der Waals surface area contributed by atoms with Crippen LogP contribution in [-0.4, -0.2) is 35.2 Å². The van der Waals surface area contributed by atoms with E-state index in [1.165, 1.54) is 5.57 Å². The molecular weight excluding hydrogens is 528 g/mol. The van der Waals surface area contributed by atoms with Crippen LogP contribution in [0.2, 0.25) is 0 Å². The Morgan fingerprint density at radius 1 is 0.786 bits per heavy atom. The first-order valence-corrected chi connectivity index (χ1v) is 16.7. The maximum Gasteiger partial charge on any atom is 0.310 e. The van der Waals surface area contributed by atoms with E-state index in [9.17, 15) is 19.5 Å². The molecule has 4 saturated carbocycles. The Morgan fingerprint density at radius 2 is 1.36 bits per heavy atom. The van der Waals surface area contributed by atoms with Gasteiger partial charge in [0.15, 0.2) is 0 Å². The molecule has 0 aromatic heterocycles. The monoisotopic (exact) mass is 584 g/mol. The van der Waals surface area contributed by atoms with Crippen LogP contribution in [0, 0.1) is 50.2 Å². The number of allylic oxidation sites excluding steroid dienone is 2. The molecule has 5 rings (SSSR count). The number of fused-ring (bicyclic) bond motifs is 7. The van der Waals surface area contributed by atoms with Gasteiger partial charge in [-0.25, -0.2) is 0 Å². The Kier molecular flexibility index (Phi) is 7.58. The number of carbonyl (C=O) groups is 3. The van der Waals surface area contributed by atoms with Crippen molar-refractivity contribution in [1.29, 1.82) is 0 Å². The highest BCUT2D eigenvalue weighted by Gasteiger charge is 2.70. The lowest BCUT2D eigenvalue weighted by Crippen LogP contribution is -2.67. The van der Waals surface area contributed by atoms with E-state index in [-0.39, 0.29) is 44.9 Å². The molecule has 0 saturated heterocycles. The summed E-state index contributed by atoms with van der Waals surface area (Å²) < 4.78 is 12.2. The topological polar surface area (TPSA) is 89.9 Å². The maximum atomic E-state index is 13.0. The van der Waals surface area contributed by atoms with Crippen LogP contribution in [0.5, 0.6) is 0 Å². The predicted octanol–water partition coefficient (Wildman–Crippen LogP) is 8.13. The molecule has 5 aliphatic carbocycles. The van der Waals surface area contributed by atoms with Crippen LogP contribution in [0.3, 0.4) is 0 Å². The number of carboxylic acid groups (broad SMARTS) is 1. The zero-order chi connectivity index (χ0) is 31.1. The molecule has 6 heteroatoms.